The van der Waals surface area contributed by atoms with E-state index in [-0.39, 0.29) is 12.4 Å². The Kier molecular flexibility index (Phi) is 6.07. The number of hydrogen-bond donors (Lipinski definition) is 1. The van der Waals surface area contributed by atoms with Crippen LogP contribution in [0.3, 0.4) is 0 Å². The van der Waals surface area contributed by atoms with Gasteiger partial charge in [0, 0.05) is 12.5 Å². The van der Waals surface area contributed by atoms with Crippen LogP contribution in [0.25, 0.3) is 0 Å². The molecule has 0 fully saturated rings. The number of benzene rings is 2. The van der Waals surface area contributed by atoms with Gasteiger partial charge in [0.25, 0.3) is 0 Å². The fourth-order valence-electron chi connectivity index (χ4n) is 2.28. The van der Waals surface area contributed by atoms with E-state index in [1.54, 1.807) is 0 Å². The molecule has 0 amide bonds. The van der Waals surface area contributed by atoms with E-state index in [2.05, 4.69) is 62.4 Å². The molecule has 2 heteroatoms. The van der Waals surface area contributed by atoms with Gasteiger partial charge in [-0.1, -0.05) is 68.4 Å². The first-order valence-electron chi connectivity index (χ1n) is 6.57. The monoisotopic (exact) mass is 275 g/mol. The first kappa shape index (κ1) is 15.7. The van der Waals surface area contributed by atoms with Crippen LogP contribution in [0.2, 0.25) is 0 Å². The summed E-state index contributed by atoms with van der Waals surface area (Å²) in [7, 11) is 0. The second kappa shape index (κ2) is 7.32. The molecule has 0 aliphatic carbocycles. The van der Waals surface area contributed by atoms with Crippen LogP contribution >= 0.6 is 12.4 Å². The summed E-state index contributed by atoms with van der Waals surface area (Å²) in [4.78, 5) is 0. The Labute approximate surface area is 122 Å². The third-order valence-electron chi connectivity index (χ3n) is 3.42. The van der Waals surface area contributed by atoms with Crippen LogP contribution in [-0.2, 0) is 0 Å². The van der Waals surface area contributed by atoms with Crippen molar-refractivity contribution in [2.24, 2.45) is 5.73 Å². The number of rotatable bonds is 4. The molecule has 19 heavy (non-hydrogen) atoms. The van der Waals surface area contributed by atoms with Crippen molar-refractivity contribution in [3.63, 3.8) is 0 Å². The predicted octanol–water partition coefficient (Wildman–Crippen LogP) is 4.32. The minimum atomic E-state index is 0. The van der Waals surface area contributed by atoms with Gasteiger partial charge < -0.3 is 5.73 Å². The quantitative estimate of drug-likeness (QED) is 0.883. The lowest BCUT2D eigenvalue weighted by Crippen LogP contribution is -2.14. The number of hydrogen-bond acceptors (Lipinski definition) is 1. The van der Waals surface area contributed by atoms with E-state index in [9.17, 15) is 0 Å². The van der Waals surface area contributed by atoms with E-state index in [1.165, 1.54) is 16.7 Å². The summed E-state index contributed by atoms with van der Waals surface area (Å²) in [5.41, 5.74) is 9.95. The van der Waals surface area contributed by atoms with Crippen molar-refractivity contribution in [1.82, 2.24) is 0 Å². The molecule has 2 N–H and O–H groups in total. The van der Waals surface area contributed by atoms with Crippen LogP contribution in [0.5, 0.6) is 0 Å². The van der Waals surface area contributed by atoms with E-state index in [0.717, 1.165) is 0 Å². The molecule has 1 nitrogen and oxygen atoms in total. The van der Waals surface area contributed by atoms with Crippen molar-refractivity contribution in [3.8, 4) is 0 Å². The standard InChI is InChI=1S/C17H21N.ClH/c1-13(2)15-9-6-10-16(11-15)17(12-18)14-7-4-3-5-8-14;/h3-11,13,17H,12,18H2,1-2H3;1H. The van der Waals surface area contributed by atoms with E-state index in [0.29, 0.717) is 18.4 Å². The highest BCUT2D eigenvalue weighted by Crippen LogP contribution is 2.26. The molecular formula is C17H22ClN. The minimum Gasteiger partial charge on any atom is -0.330 e. The maximum Gasteiger partial charge on any atom is 0.0212 e. The molecule has 0 saturated heterocycles. The van der Waals surface area contributed by atoms with Crippen molar-refractivity contribution < 1.29 is 0 Å². The third kappa shape index (κ3) is 3.82. The molecule has 0 radical (unpaired) electrons. The second-order valence-electron chi connectivity index (χ2n) is 5.02. The Morgan fingerprint density at radius 1 is 0.842 bits per heavy atom. The van der Waals surface area contributed by atoms with E-state index in [4.69, 9.17) is 5.73 Å². The SMILES string of the molecule is CC(C)c1cccc(C(CN)c2ccccc2)c1.Cl. The summed E-state index contributed by atoms with van der Waals surface area (Å²) in [5.74, 6) is 0.851. The fraction of sp³-hybridized carbons (Fsp3) is 0.294. The van der Waals surface area contributed by atoms with Gasteiger partial charge >= 0.3 is 0 Å². The van der Waals surface area contributed by atoms with Gasteiger partial charge in [-0.3, -0.25) is 0 Å². The van der Waals surface area contributed by atoms with Gasteiger partial charge in [0.05, 0.1) is 0 Å². The van der Waals surface area contributed by atoms with Crippen LogP contribution < -0.4 is 5.73 Å². The van der Waals surface area contributed by atoms with Crippen LogP contribution in [0.1, 0.15) is 42.4 Å². The average Bonchev–Trinajstić information content (AvgIpc) is 2.41. The zero-order valence-corrected chi connectivity index (χ0v) is 12.4. The summed E-state index contributed by atoms with van der Waals surface area (Å²) in [6.07, 6.45) is 0. The molecule has 0 saturated carbocycles. The minimum absolute atomic E-state index is 0. The highest BCUT2D eigenvalue weighted by Gasteiger charge is 2.12. The first-order valence-corrected chi connectivity index (χ1v) is 6.57. The van der Waals surface area contributed by atoms with E-state index < -0.39 is 0 Å². The first-order chi connectivity index (χ1) is 8.72. The average molecular weight is 276 g/mol. The molecule has 0 aromatic heterocycles. The van der Waals surface area contributed by atoms with Crippen LogP contribution in [-0.4, -0.2) is 6.54 Å². The van der Waals surface area contributed by atoms with E-state index in [1.807, 2.05) is 6.07 Å². The molecule has 1 atom stereocenters. The topological polar surface area (TPSA) is 26.0 Å². The van der Waals surface area contributed by atoms with E-state index >= 15 is 0 Å². The smallest absolute Gasteiger partial charge is 0.0212 e. The van der Waals surface area contributed by atoms with Crippen molar-refractivity contribution in [1.29, 1.82) is 0 Å². The Morgan fingerprint density at radius 3 is 2.00 bits per heavy atom. The largest absolute Gasteiger partial charge is 0.330 e. The Morgan fingerprint density at radius 2 is 1.42 bits per heavy atom. The van der Waals surface area contributed by atoms with Crippen molar-refractivity contribution in [2.45, 2.75) is 25.7 Å². The molecule has 2 rings (SSSR count). The molecular weight excluding hydrogens is 254 g/mol. The lowest BCUT2D eigenvalue weighted by atomic mass is 9.89. The zero-order valence-electron chi connectivity index (χ0n) is 11.5. The summed E-state index contributed by atoms with van der Waals surface area (Å²) in [5, 5.41) is 0. The molecule has 0 heterocycles. The molecule has 0 aliphatic heterocycles. The van der Waals surface area contributed by atoms with Crippen LogP contribution in [0.15, 0.2) is 54.6 Å². The lowest BCUT2D eigenvalue weighted by molar-refractivity contribution is 0.806. The van der Waals surface area contributed by atoms with Crippen LogP contribution in [0.4, 0.5) is 0 Å². The molecule has 0 aliphatic rings. The van der Waals surface area contributed by atoms with Gasteiger partial charge in [0.15, 0.2) is 0 Å². The number of halogens is 1. The Hall–Kier alpha value is -1.31. The Balaban J connectivity index is 0.00000180. The Bertz CT molecular complexity index is 494. The normalized spacial score (nSPS) is 12.0. The third-order valence-corrected chi connectivity index (χ3v) is 3.42. The molecule has 0 bridgehead atoms. The molecule has 2 aromatic rings. The fourth-order valence-corrected chi connectivity index (χ4v) is 2.28. The maximum atomic E-state index is 5.96. The van der Waals surface area contributed by atoms with Gasteiger partial charge in [0.1, 0.15) is 0 Å². The van der Waals surface area contributed by atoms with Crippen molar-refractivity contribution >= 4 is 12.4 Å². The molecule has 102 valence electrons. The van der Waals surface area contributed by atoms with Gasteiger partial charge in [-0.15, -0.1) is 12.4 Å². The van der Waals surface area contributed by atoms with Crippen molar-refractivity contribution in [2.75, 3.05) is 6.54 Å². The molecule has 1 unspecified atom stereocenters. The molecule has 0 spiro atoms. The predicted molar refractivity (Wildman–Crippen MR) is 85.1 cm³/mol. The summed E-state index contributed by atoms with van der Waals surface area (Å²) < 4.78 is 0. The lowest BCUT2D eigenvalue weighted by Gasteiger charge is -2.17. The highest BCUT2D eigenvalue weighted by molar-refractivity contribution is 5.85. The van der Waals surface area contributed by atoms with Gasteiger partial charge in [-0.05, 0) is 22.6 Å². The summed E-state index contributed by atoms with van der Waals surface area (Å²) in [6.45, 7) is 5.09. The highest BCUT2D eigenvalue weighted by atomic mass is 35.5. The second-order valence-corrected chi connectivity index (χ2v) is 5.02. The van der Waals surface area contributed by atoms with Gasteiger partial charge in [-0.2, -0.15) is 0 Å². The van der Waals surface area contributed by atoms with Gasteiger partial charge in [-0.25, -0.2) is 0 Å². The van der Waals surface area contributed by atoms with Crippen molar-refractivity contribution in [3.05, 3.63) is 71.3 Å². The van der Waals surface area contributed by atoms with Crippen LogP contribution in [0, 0.1) is 0 Å². The summed E-state index contributed by atoms with van der Waals surface area (Å²) in [6, 6.07) is 19.3. The maximum absolute atomic E-state index is 5.96. The zero-order chi connectivity index (χ0) is 13.0. The number of nitrogens with two attached hydrogens (primary N) is 1. The summed E-state index contributed by atoms with van der Waals surface area (Å²) >= 11 is 0. The van der Waals surface area contributed by atoms with Gasteiger partial charge in [0.2, 0.25) is 0 Å². The molecule has 2 aromatic carbocycles.